The molecular formula is C15H17N5S2. The first kappa shape index (κ1) is 15.1. The molecule has 0 saturated carbocycles. The summed E-state index contributed by atoms with van der Waals surface area (Å²) in [6.45, 7) is 1.68. The average Bonchev–Trinajstić information content (AvgIpc) is 3.21. The fraction of sp³-hybridized carbons (Fsp3) is 0.267. The normalized spacial score (nSPS) is 10.8. The molecule has 3 rings (SSSR count). The first-order valence-corrected chi connectivity index (χ1v) is 8.87. The molecule has 0 unspecified atom stereocenters. The van der Waals surface area contributed by atoms with Crippen molar-refractivity contribution >= 4 is 28.8 Å². The quantitative estimate of drug-likeness (QED) is 0.623. The van der Waals surface area contributed by atoms with Gasteiger partial charge in [0, 0.05) is 29.9 Å². The van der Waals surface area contributed by atoms with E-state index in [-0.39, 0.29) is 0 Å². The molecule has 0 aliphatic heterocycles. The number of para-hydroxylation sites is 1. The van der Waals surface area contributed by atoms with E-state index >= 15 is 0 Å². The highest BCUT2D eigenvalue weighted by Gasteiger charge is 2.08. The minimum atomic E-state index is 0.738. The minimum Gasteiger partial charge on any atom is -0.374 e. The van der Waals surface area contributed by atoms with E-state index in [2.05, 4.69) is 63.2 Å². The number of thiophene rings is 1. The molecular weight excluding hydrogens is 314 g/mol. The number of anilines is 1. The molecule has 0 bridgehead atoms. The zero-order chi connectivity index (χ0) is 15.2. The molecule has 0 spiro atoms. The van der Waals surface area contributed by atoms with E-state index in [9.17, 15) is 0 Å². The summed E-state index contributed by atoms with van der Waals surface area (Å²) in [4.78, 5) is 3.50. The van der Waals surface area contributed by atoms with E-state index in [1.165, 1.54) is 10.6 Å². The van der Waals surface area contributed by atoms with E-state index in [0.29, 0.717) is 0 Å². The van der Waals surface area contributed by atoms with Crippen LogP contribution in [0.15, 0.2) is 53.0 Å². The van der Waals surface area contributed by atoms with Gasteiger partial charge in [0.15, 0.2) is 0 Å². The molecule has 0 atom stereocenters. The van der Waals surface area contributed by atoms with E-state index in [1.54, 1.807) is 23.1 Å². The van der Waals surface area contributed by atoms with Crippen molar-refractivity contribution in [1.82, 2.24) is 20.2 Å². The molecule has 0 aliphatic rings. The molecule has 0 N–H and O–H groups in total. The van der Waals surface area contributed by atoms with Gasteiger partial charge in [-0.25, -0.2) is 4.68 Å². The second-order valence-electron chi connectivity index (χ2n) is 4.80. The van der Waals surface area contributed by atoms with Crippen LogP contribution in [-0.4, -0.2) is 39.6 Å². The van der Waals surface area contributed by atoms with Crippen LogP contribution in [0.4, 0.5) is 5.69 Å². The number of benzene rings is 1. The number of nitrogens with zero attached hydrogens (tertiary/aromatic N) is 5. The van der Waals surface area contributed by atoms with Gasteiger partial charge in [0.05, 0.1) is 6.54 Å². The van der Waals surface area contributed by atoms with Crippen molar-refractivity contribution in [2.24, 2.45) is 0 Å². The van der Waals surface area contributed by atoms with Gasteiger partial charge in [-0.05, 0) is 34.0 Å². The van der Waals surface area contributed by atoms with Crippen molar-refractivity contribution in [3.63, 3.8) is 0 Å². The van der Waals surface area contributed by atoms with Gasteiger partial charge < -0.3 is 4.90 Å². The molecule has 5 nitrogen and oxygen atoms in total. The third kappa shape index (κ3) is 3.86. The Balaban J connectivity index is 1.53. The lowest BCUT2D eigenvalue weighted by Crippen LogP contribution is -2.20. The Morgan fingerprint density at radius 2 is 2.05 bits per heavy atom. The van der Waals surface area contributed by atoms with Gasteiger partial charge in [-0.3, -0.25) is 0 Å². The van der Waals surface area contributed by atoms with Gasteiger partial charge >= 0.3 is 0 Å². The topological polar surface area (TPSA) is 46.8 Å². The van der Waals surface area contributed by atoms with Crippen molar-refractivity contribution < 1.29 is 0 Å². The maximum atomic E-state index is 4.12. The standard InChI is InChI=1S/C15H17N5S2/c1-19(13-6-3-2-4-7-13)9-11-22-15-16-17-18-20(15)12-14-8-5-10-21-14/h2-8,10H,9,11-12H2,1H3. The van der Waals surface area contributed by atoms with Crippen molar-refractivity contribution in [2.75, 3.05) is 24.2 Å². The molecule has 3 aromatic rings. The van der Waals surface area contributed by atoms with Crippen LogP contribution in [0.5, 0.6) is 0 Å². The van der Waals surface area contributed by atoms with Crippen LogP contribution in [-0.2, 0) is 6.54 Å². The zero-order valence-corrected chi connectivity index (χ0v) is 13.9. The van der Waals surface area contributed by atoms with Crippen LogP contribution in [0.2, 0.25) is 0 Å². The fourth-order valence-electron chi connectivity index (χ4n) is 2.03. The predicted molar refractivity (Wildman–Crippen MR) is 91.7 cm³/mol. The number of tetrazole rings is 1. The van der Waals surface area contributed by atoms with Crippen molar-refractivity contribution in [3.05, 3.63) is 52.7 Å². The summed E-state index contributed by atoms with van der Waals surface area (Å²) in [7, 11) is 2.10. The molecule has 2 aromatic heterocycles. The van der Waals surface area contributed by atoms with Gasteiger partial charge in [0.1, 0.15) is 0 Å². The van der Waals surface area contributed by atoms with Gasteiger partial charge in [-0.1, -0.05) is 36.0 Å². The lowest BCUT2D eigenvalue weighted by atomic mass is 10.3. The van der Waals surface area contributed by atoms with Crippen molar-refractivity contribution in [1.29, 1.82) is 0 Å². The van der Waals surface area contributed by atoms with Gasteiger partial charge in [0.2, 0.25) is 5.16 Å². The number of hydrogen-bond donors (Lipinski definition) is 0. The summed E-state index contributed by atoms with van der Waals surface area (Å²) in [5.74, 6) is 0.941. The molecule has 7 heteroatoms. The number of hydrogen-bond acceptors (Lipinski definition) is 6. The lowest BCUT2D eigenvalue weighted by molar-refractivity contribution is 0.608. The molecule has 114 valence electrons. The summed E-state index contributed by atoms with van der Waals surface area (Å²) >= 11 is 3.41. The Bertz CT molecular complexity index is 681. The summed E-state index contributed by atoms with van der Waals surface area (Å²) in [6.07, 6.45) is 0. The second kappa shape index (κ2) is 7.42. The second-order valence-corrected chi connectivity index (χ2v) is 6.90. The lowest BCUT2D eigenvalue weighted by Gasteiger charge is -2.18. The summed E-state index contributed by atoms with van der Waals surface area (Å²) in [5.41, 5.74) is 1.22. The molecule has 1 aromatic carbocycles. The third-order valence-corrected chi connectivity index (χ3v) is 5.04. The Morgan fingerprint density at radius 1 is 1.18 bits per heavy atom. The molecule has 0 fully saturated rings. The fourth-order valence-corrected chi connectivity index (χ4v) is 3.61. The van der Waals surface area contributed by atoms with Gasteiger partial charge in [-0.15, -0.1) is 16.4 Å². The minimum absolute atomic E-state index is 0.738. The summed E-state index contributed by atoms with van der Waals surface area (Å²) < 4.78 is 1.86. The highest BCUT2D eigenvalue weighted by Crippen LogP contribution is 2.18. The Kier molecular flexibility index (Phi) is 5.07. The Morgan fingerprint density at radius 3 is 2.82 bits per heavy atom. The van der Waals surface area contributed by atoms with Gasteiger partial charge in [0.25, 0.3) is 0 Å². The maximum absolute atomic E-state index is 4.12. The van der Waals surface area contributed by atoms with Crippen LogP contribution < -0.4 is 4.90 Å². The van der Waals surface area contributed by atoms with Crippen molar-refractivity contribution in [2.45, 2.75) is 11.7 Å². The first-order chi connectivity index (χ1) is 10.8. The predicted octanol–water partition coefficient (Wildman–Crippen LogP) is 3.01. The summed E-state index contributed by atoms with van der Waals surface area (Å²) in [6, 6.07) is 14.5. The maximum Gasteiger partial charge on any atom is 0.209 e. The van der Waals surface area contributed by atoms with E-state index in [1.807, 2.05) is 16.8 Å². The SMILES string of the molecule is CN(CCSc1nnnn1Cc1cccs1)c1ccccc1. The van der Waals surface area contributed by atoms with E-state index in [4.69, 9.17) is 0 Å². The van der Waals surface area contributed by atoms with E-state index in [0.717, 1.165) is 24.0 Å². The zero-order valence-electron chi connectivity index (χ0n) is 12.3. The number of thioether (sulfide) groups is 1. The van der Waals surface area contributed by atoms with Gasteiger partial charge in [-0.2, -0.15) is 0 Å². The van der Waals surface area contributed by atoms with Crippen LogP contribution >= 0.6 is 23.1 Å². The largest absolute Gasteiger partial charge is 0.374 e. The highest BCUT2D eigenvalue weighted by molar-refractivity contribution is 7.99. The average molecular weight is 331 g/mol. The number of rotatable bonds is 7. The van der Waals surface area contributed by atoms with Crippen molar-refractivity contribution in [3.8, 4) is 0 Å². The molecule has 0 amide bonds. The van der Waals surface area contributed by atoms with Crippen LogP contribution in [0, 0.1) is 0 Å². The van der Waals surface area contributed by atoms with Crippen LogP contribution in [0.3, 0.4) is 0 Å². The molecule has 0 radical (unpaired) electrons. The number of aromatic nitrogens is 4. The van der Waals surface area contributed by atoms with E-state index < -0.39 is 0 Å². The highest BCUT2D eigenvalue weighted by atomic mass is 32.2. The molecule has 22 heavy (non-hydrogen) atoms. The first-order valence-electron chi connectivity index (χ1n) is 7.00. The molecule has 0 saturated heterocycles. The smallest absolute Gasteiger partial charge is 0.209 e. The summed E-state index contributed by atoms with van der Waals surface area (Å²) in [5, 5.41) is 14.9. The molecule has 2 heterocycles. The van der Waals surface area contributed by atoms with Crippen LogP contribution in [0.25, 0.3) is 0 Å². The van der Waals surface area contributed by atoms with Crippen LogP contribution in [0.1, 0.15) is 4.88 Å². The monoisotopic (exact) mass is 331 g/mol. The Labute approximate surface area is 138 Å². The Hall–Kier alpha value is -1.86. The molecule has 0 aliphatic carbocycles. The third-order valence-electron chi connectivity index (χ3n) is 3.24.